The van der Waals surface area contributed by atoms with E-state index in [1.54, 1.807) is 11.0 Å². The fourth-order valence-corrected chi connectivity index (χ4v) is 0.882. The topological polar surface area (TPSA) is 54.5 Å². The highest BCUT2D eigenvalue weighted by Crippen LogP contribution is 2.03. The lowest BCUT2D eigenvalue weighted by molar-refractivity contribution is 0.438. The minimum Gasteiger partial charge on any atom is -0.251 e. The third-order valence-electron chi connectivity index (χ3n) is 1.83. The molecule has 0 spiro atoms. The van der Waals surface area contributed by atoms with Gasteiger partial charge in [0, 0.05) is 6.54 Å². The van der Waals surface area contributed by atoms with Gasteiger partial charge >= 0.3 is 0 Å². The van der Waals surface area contributed by atoms with Crippen molar-refractivity contribution in [2.24, 2.45) is 5.92 Å². The zero-order valence-electron chi connectivity index (χ0n) is 7.36. The fraction of sp³-hybridized carbons (Fsp3) is 0.625. The van der Waals surface area contributed by atoms with Crippen LogP contribution < -0.4 is 0 Å². The van der Waals surface area contributed by atoms with Crippen molar-refractivity contribution in [3.8, 4) is 6.07 Å². The molecule has 0 N–H and O–H groups in total. The van der Waals surface area contributed by atoms with E-state index in [0.717, 1.165) is 13.0 Å². The molecule has 0 bridgehead atoms. The lowest BCUT2D eigenvalue weighted by atomic mass is 10.1. The zero-order chi connectivity index (χ0) is 8.97. The Labute approximate surface area is 71.8 Å². The van der Waals surface area contributed by atoms with Crippen LogP contribution in [0.15, 0.2) is 6.33 Å². The molecule has 64 valence electrons. The van der Waals surface area contributed by atoms with Gasteiger partial charge in [-0.15, -0.1) is 5.10 Å². The Hall–Kier alpha value is -1.37. The minimum atomic E-state index is 0.248. The number of nitriles is 1. The van der Waals surface area contributed by atoms with E-state index in [2.05, 4.69) is 23.9 Å². The number of hydrogen-bond donors (Lipinski definition) is 0. The molecule has 1 aromatic heterocycles. The molecule has 4 nitrogen and oxygen atoms in total. The van der Waals surface area contributed by atoms with Crippen molar-refractivity contribution in [3.05, 3.63) is 12.2 Å². The molecule has 0 aliphatic carbocycles. The molecule has 0 amide bonds. The van der Waals surface area contributed by atoms with Crippen molar-refractivity contribution in [2.45, 2.75) is 26.8 Å². The van der Waals surface area contributed by atoms with Crippen LogP contribution in [0.25, 0.3) is 0 Å². The summed E-state index contributed by atoms with van der Waals surface area (Å²) in [6, 6.07) is 1.90. The maximum absolute atomic E-state index is 8.45. The molecule has 0 aromatic carbocycles. The summed E-state index contributed by atoms with van der Waals surface area (Å²) >= 11 is 0. The second-order valence-corrected chi connectivity index (χ2v) is 2.92. The highest BCUT2D eigenvalue weighted by molar-refractivity contribution is 5.05. The molecule has 1 atom stereocenters. The van der Waals surface area contributed by atoms with Gasteiger partial charge in [-0.05, 0) is 5.92 Å². The Kier molecular flexibility index (Phi) is 2.81. The van der Waals surface area contributed by atoms with Crippen LogP contribution in [-0.2, 0) is 6.54 Å². The monoisotopic (exact) mass is 164 g/mol. The predicted molar refractivity (Wildman–Crippen MR) is 44.2 cm³/mol. The molecule has 0 saturated heterocycles. The summed E-state index contributed by atoms with van der Waals surface area (Å²) in [5, 5.41) is 12.4. The van der Waals surface area contributed by atoms with Crippen LogP contribution in [0.3, 0.4) is 0 Å². The summed E-state index contributed by atoms with van der Waals surface area (Å²) in [6.45, 7) is 5.12. The van der Waals surface area contributed by atoms with Gasteiger partial charge in [0.15, 0.2) is 0 Å². The first-order valence-electron chi connectivity index (χ1n) is 4.05. The minimum absolute atomic E-state index is 0.248. The van der Waals surface area contributed by atoms with Crippen molar-refractivity contribution in [1.82, 2.24) is 14.8 Å². The average molecular weight is 164 g/mol. The van der Waals surface area contributed by atoms with Gasteiger partial charge in [0.25, 0.3) is 5.82 Å². The molecule has 0 saturated carbocycles. The van der Waals surface area contributed by atoms with E-state index in [0.29, 0.717) is 5.92 Å². The van der Waals surface area contributed by atoms with Crippen LogP contribution in [0, 0.1) is 17.2 Å². The van der Waals surface area contributed by atoms with E-state index >= 15 is 0 Å². The summed E-state index contributed by atoms with van der Waals surface area (Å²) in [6.07, 6.45) is 2.71. The van der Waals surface area contributed by atoms with Crippen LogP contribution in [0.5, 0.6) is 0 Å². The van der Waals surface area contributed by atoms with Gasteiger partial charge in [-0.2, -0.15) is 5.26 Å². The van der Waals surface area contributed by atoms with Gasteiger partial charge in [0.05, 0.1) is 0 Å². The van der Waals surface area contributed by atoms with Crippen molar-refractivity contribution >= 4 is 0 Å². The number of rotatable bonds is 3. The SMILES string of the molecule is CCC(C)Cn1cnc(C#N)n1. The van der Waals surface area contributed by atoms with Crippen LogP contribution in [0.4, 0.5) is 0 Å². The first-order chi connectivity index (χ1) is 5.76. The molecule has 1 aromatic rings. The Bertz CT molecular complexity index is 283. The van der Waals surface area contributed by atoms with Gasteiger partial charge in [0.1, 0.15) is 12.4 Å². The summed E-state index contributed by atoms with van der Waals surface area (Å²) in [4.78, 5) is 3.81. The normalized spacial score (nSPS) is 12.4. The highest BCUT2D eigenvalue weighted by atomic mass is 15.3. The molecule has 0 aliphatic heterocycles. The number of aromatic nitrogens is 3. The van der Waals surface area contributed by atoms with Gasteiger partial charge < -0.3 is 0 Å². The third-order valence-corrected chi connectivity index (χ3v) is 1.83. The first kappa shape index (κ1) is 8.72. The molecular weight excluding hydrogens is 152 g/mol. The van der Waals surface area contributed by atoms with E-state index in [4.69, 9.17) is 5.26 Å². The highest BCUT2D eigenvalue weighted by Gasteiger charge is 2.02. The van der Waals surface area contributed by atoms with Gasteiger partial charge in [0.2, 0.25) is 0 Å². The number of nitrogens with zero attached hydrogens (tertiary/aromatic N) is 4. The van der Waals surface area contributed by atoms with E-state index < -0.39 is 0 Å². The summed E-state index contributed by atoms with van der Waals surface area (Å²) in [7, 11) is 0. The molecule has 0 radical (unpaired) electrons. The first-order valence-corrected chi connectivity index (χ1v) is 4.05. The third kappa shape index (κ3) is 2.06. The average Bonchev–Trinajstić information content (AvgIpc) is 2.52. The van der Waals surface area contributed by atoms with E-state index in [-0.39, 0.29) is 5.82 Å². The summed E-state index contributed by atoms with van der Waals surface area (Å²) < 4.78 is 1.72. The summed E-state index contributed by atoms with van der Waals surface area (Å²) in [5.74, 6) is 0.830. The van der Waals surface area contributed by atoms with Crippen LogP contribution in [-0.4, -0.2) is 14.8 Å². The van der Waals surface area contributed by atoms with Crippen molar-refractivity contribution in [2.75, 3.05) is 0 Å². The lowest BCUT2D eigenvalue weighted by Crippen LogP contribution is -2.07. The Morgan fingerprint density at radius 3 is 3.00 bits per heavy atom. The molecule has 1 heterocycles. The van der Waals surface area contributed by atoms with E-state index in [1.165, 1.54) is 0 Å². The Morgan fingerprint density at radius 1 is 1.75 bits per heavy atom. The van der Waals surface area contributed by atoms with Gasteiger partial charge in [-0.1, -0.05) is 20.3 Å². The largest absolute Gasteiger partial charge is 0.252 e. The zero-order valence-corrected chi connectivity index (χ0v) is 7.36. The molecule has 0 aliphatic rings. The van der Waals surface area contributed by atoms with Crippen LogP contribution >= 0.6 is 0 Å². The molecule has 0 fully saturated rings. The fourth-order valence-electron chi connectivity index (χ4n) is 0.882. The van der Waals surface area contributed by atoms with E-state index in [9.17, 15) is 0 Å². The number of hydrogen-bond acceptors (Lipinski definition) is 3. The van der Waals surface area contributed by atoms with Gasteiger partial charge in [-0.3, -0.25) is 4.68 Å². The van der Waals surface area contributed by atoms with Crippen LogP contribution in [0.2, 0.25) is 0 Å². The summed E-state index contributed by atoms with van der Waals surface area (Å²) in [5.41, 5.74) is 0. The quantitative estimate of drug-likeness (QED) is 0.674. The Morgan fingerprint density at radius 2 is 2.50 bits per heavy atom. The maximum atomic E-state index is 8.45. The maximum Gasteiger partial charge on any atom is 0.252 e. The van der Waals surface area contributed by atoms with Gasteiger partial charge in [-0.25, -0.2) is 4.98 Å². The molecular formula is C8H12N4. The van der Waals surface area contributed by atoms with Crippen molar-refractivity contribution in [1.29, 1.82) is 5.26 Å². The van der Waals surface area contributed by atoms with E-state index in [1.807, 2.05) is 6.07 Å². The molecule has 12 heavy (non-hydrogen) atoms. The standard InChI is InChI=1S/C8H12N4/c1-3-7(2)5-12-6-10-8(4-9)11-12/h6-7H,3,5H2,1-2H3. The molecule has 1 rings (SSSR count). The second-order valence-electron chi connectivity index (χ2n) is 2.92. The van der Waals surface area contributed by atoms with Crippen molar-refractivity contribution < 1.29 is 0 Å². The molecule has 4 heteroatoms. The van der Waals surface area contributed by atoms with Crippen LogP contribution in [0.1, 0.15) is 26.1 Å². The second kappa shape index (κ2) is 3.86. The lowest BCUT2D eigenvalue weighted by Gasteiger charge is -2.06. The predicted octanol–water partition coefficient (Wildman–Crippen LogP) is 1.20. The van der Waals surface area contributed by atoms with Crippen molar-refractivity contribution in [3.63, 3.8) is 0 Å². The smallest absolute Gasteiger partial charge is 0.251 e. The molecule has 1 unspecified atom stereocenters. The Balaban J connectivity index is 2.59.